The fourth-order valence-electron chi connectivity index (χ4n) is 0.569. The van der Waals surface area contributed by atoms with E-state index in [1.165, 1.54) is 0 Å². The topological polar surface area (TPSA) is 9.23 Å². The molecule has 0 amide bonds. The van der Waals surface area contributed by atoms with E-state index < -0.39 is 12.8 Å². The molecule has 0 aliphatic heterocycles. The quantitative estimate of drug-likeness (QED) is 0.575. The molecule has 0 atom stereocenters. The molecule has 0 unspecified atom stereocenters. The van der Waals surface area contributed by atoms with E-state index in [0.717, 1.165) is 12.8 Å². The third-order valence-electron chi connectivity index (χ3n) is 1.05. The van der Waals surface area contributed by atoms with E-state index in [1.807, 2.05) is 0 Å². The van der Waals surface area contributed by atoms with Crippen molar-refractivity contribution in [3.8, 4) is 0 Å². The van der Waals surface area contributed by atoms with Crippen molar-refractivity contribution >= 4 is 0 Å². The highest BCUT2D eigenvalue weighted by atomic mass is 19.4. The minimum absolute atomic E-state index is 0.176. The van der Waals surface area contributed by atoms with Gasteiger partial charge >= 0.3 is 6.18 Å². The van der Waals surface area contributed by atoms with Gasteiger partial charge in [0.05, 0.1) is 0 Å². The molecule has 0 aromatic rings. The molecule has 0 aromatic carbocycles. The van der Waals surface area contributed by atoms with Crippen molar-refractivity contribution in [2.24, 2.45) is 0 Å². The van der Waals surface area contributed by atoms with Crippen molar-refractivity contribution in [2.45, 2.75) is 25.4 Å². The summed E-state index contributed by atoms with van der Waals surface area (Å²) in [6, 6.07) is 0. The molecule has 0 spiro atoms. The molecule has 0 saturated heterocycles. The molecule has 0 rings (SSSR count). The van der Waals surface area contributed by atoms with Gasteiger partial charge in [-0.05, 0) is 6.42 Å². The van der Waals surface area contributed by atoms with Crippen LogP contribution in [0.2, 0.25) is 0 Å². The Bertz CT molecular complexity index is 90.2. The maximum Gasteiger partial charge on any atom is 0.411 e. The molecule has 67 valence electrons. The van der Waals surface area contributed by atoms with Gasteiger partial charge in [0.15, 0.2) is 0 Å². The molecule has 1 radical (unpaired) electrons. The van der Waals surface area contributed by atoms with Gasteiger partial charge in [0.25, 0.3) is 0 Å². The van der Waals surface area contributed by atoms with E-state index in [1.54, 1.807) is 0 Å². The van der Waals surface area contributed by atoms with Crippen molar-refractivity contribution in [2.75, 3.05) is 13.2 Å². The van der Waals surface area contributed by atoms with Crippen molar-refractivity contribution in [3.05, 3.63) is 6.92 Å². The first kappa shape index (κ1) is 10.8. The second-order valence-corrected chi connectivity index (χ2v) is 2.23. The standard InChI is InChI=1S/C7H12F3O/c1-2-3-4-5-11-6-7(8,9)10/h1-6H2. The van der Waals surface area contributed by atoms with Gasteiger partial charge in [-0.3, -0.25) is 0 Å². The van der Waals surface area contributed by atoms with Crippen LogP contribution in [0, 0.1) is 6.92 Å². The van der Waals surface area contributed by atoms with Gasteiger partial charge in [-0.1, -0.05) is 19.8 Å². The van der Waals surface area contributed by atoms with Crippen molar-refractivity contribution in [1.29, 1.82) is 0 Å². The normalized spacial score (nSPS) is 12.0. The number of hydrogen-bond acceptors (Lipinski definition) is 1. The molecular weight excluding hydrogens is 157 g/mol. The summed E-state index contributed by atoms with van der Waals surface area (Å²) in [6.07, 6.45) is -1.97. The predicted molar refractivity (Wildman–Crippen MR) is 36.1 cm³/mol. The molecule has 0 aliphatic rings. The zero-order valence-corrected chi connectivity index (χ0v) is 6.28. The predicted octanol–water partition coefficient (Wildman–Crippen LogP) is 2.57. The van der Waals surface area contributed by atoms with E-state index in [4.69, 9.17) is 0 Å². The van der Waals surface area contributed by atoms with Crippen LogP contribution in [0.15, 0.2) is 0 Å². The maximum atomic E-state index is 11.4. The lowest BCUT2D eigenvalue weighted by Crippen LogP contribution is -2.17. The number of alkyl halides is 3. The van der Waals surface area contributed by atoms with Gasteiger partial charge in [0.1, 0.15) is 6.61 Å². The second kappa shape index (κ2) is 5.41. The minimum Gasteiger partial charge on any atom is -0.372 e. The highest BCUT2D eigenvalue weighted by molar-refractivity contribution is 4.46. The molecule has 4 heteroatoms. The molecule has 0 saturated carbocycles. The molecule has 0 heterocycles. The highest BCUT2D eigenvalue weighted by Gasteiger charge is 2.26. The largest absolute Gasteiger partial charge is 0.411 e. The van der Waals surface area contributed by atoms with Gasteiger partial charge in [-0.2, -0.15) is 13.2 Å². The summed E-state index contributed by atoms with van der Waals surface area (Å²) in [5.41, 5.74) is 0. The minimum atomic E-state index is -4.19. The smallest absolute Gasteiger partial charge is 0.372 e. The molecule has 0 aliphatic carbocycles. The Morgan fingerprint density at radius 1 is 1.18 bits per heavy atom. The zero-order valence-electron chi connectivity index (χ0n) is 6.28. The Morgan fingerprint density at radius 3 is 2.27 bits per heavy atom. The summed E-state index contributed by atoms with van der Waals surface area (Å²) < 4.78 is 38.6. The monoisotopic (exact) mass is 169 g/mol. The number of rotatable bonds is 5. The Kier molecular flexibility index (Phi) is 5.28. The molecular formula is C7H12F3O. The van der Waals surface area contributed by atoms with E-state index in [2.05, 4.69) is 11.7 Å². The summed E-state index contributed by atoms with van der Waals surface area (Å²) in [5, 5.41) is 0. The number of hydrogen-bond donors (Lipinski definition) is 0. The van der Waals surface area contributed by atoms with Crippen LogP contribution < -0.4 is 0 Å². The Balaban J connectivity index is 3.02. The number of unbranched alkanes of at least 4 members (excludes halogenated alkanes) is 2. The third kappa shape index (κ3) is 9.75. The summed E-state index contributed by atoms with van der Waals surface area (Å²) >= 11 is 0. The van der Waals surface area contributed by atoms with Crippen LogP contribution in [-0.2, 0) is 4.74 Å². The second-order valence-electron chi connectivity index (χ2n) is 2.23. The summed E-state index contributed by atoms with van der Waals surface area (Å²) in [4.78, 5) is 0. The maximum absolute atomic E-state index is 11.4. The molecule has 0 aromatic heterocycles. The van der Waals surface area contributed by atoms with E-state index in [0.29, 0.717) is 6.42 Å². The Morgan fingerprint density at radius 2 is 1.82 bits per heavy atom. The number of halogens is 3. The number of ether oxygens (including phenoxy) is 1. The first-order valence-electron chi connectivity index (χ1n) is 3.50. The molecule has 1 nitrogen and oxygen atoms in total. The van der Waals surface area contributed by atoms with Crippen LogP contribution in [0.4, 0.5) is 13.2 Å². The average Bonchev–Trinajstić information content (AvgIpc) is 1.85. The van der Waals surface area contributed by atoms with Gasteiger partial charge in [0, 0.05) is 6.61 Å². The SMILES string of the molecule is [CH2]CCCCOCC(F)(F)F. The van der Waals surface area contributed by atoms with E-state index in [-0.39, 0.29) is 6.61 Å². The fourth-order valence-corrected chi connectivity index (χ4v) is 0.569. The van der Waals surface area contributed by atoms with E-state index in [9.17, 15) is 13.2 Å². The third-order valence-corrected chi connectivity index (χ3v) is 1.05. The summed E-state index contributed by atoms with van der Waals surface area (Å²) in [6.45, 7) is 2.60. The van der Waals surface area contributed by atoms with Crippen LogP contribution in [0.1, 0.15) is 19.3 Å². The Hall–Kier alpha value is -0.250. The lowest BCUT2D eigenvalue weighted by molar-refractivity contribution is -0.174. The van der Waals surface area contributed by atoms with Crippen molar-refractivity contribution < 1.29 is 17.9 Å². The van der Waals surface area contributed by atoms with Crippen LogP contribution in [0.25, 0.3) is 0 Å². The molecule has 0 fully saturated rings. The van der Waals surface area contributed by atoms with Gasteiger partial charge < -0.3 is 4.74 Å². The van der Waals surface area contributed by atoms with Crippen LogP contribution >= 0.6 is 0 Å². The van der Waals surface area contributed by atoms with Gasteiger partial charge in [0.2, 0.25) is 0 Å². The van der Waals surface area contributed by atoms with Gasteiger partial charge in [-0.25, -0.2) is 0 Å². The fraction of sp³-hybridized carbons (Fsp3) is 0.857. The van der Waals surface area contributed by atoms with Crippen molar-refractivity contribution in [3.63, 3.8) is 0 Å². The first-order chi connectivity index (χ1) is 5.06. The molecule has 11 heavy (non-hydrogen) atoms. The van der Waals surface area contributed by atoms with Gasteiger partial charge in [-0.15, -0.1) is 0 Å². The lowest BCUT2D eigenvalue weighted by Gasteiger charge is -2.06. The van der Waals surface area contributed by atoms with Crippen LogP contribution in [-0.4, -0.2) is 19.4 Å². The highest BCUT2D eigenvalue weighted by Crippen LogP contribution is 2.14. The summed E-state index contributed by atoms with van der Waals surface area (Å²) in [7, 11) is 0. The molecule has 0 N–H and O–H groups in total. The van der Waals surface area contributed by atoms with Crippen LogP contribution in [0.3, 0.4) is 0 Å². The van der Waals surface area contributed by atoms with E-state index >= 15 is 0 Å². The lowest BCUT2D eigenvalue weighted by atomic mass is 10.3. The Labute approximate surface area is 64.5 Å². The average molecular weight is 169 g/mol. The first-order valence-corrected chi connectivity index (χ1v) is 3.50. The van der Waals surface area contributed by atoms with Crippen molar-refractivity contribution in [1.82, 2.24) is 0 Å². The zero-order chi connectivity index (χ0) is 8.74. The molecule has 0 bridgehead atoms. The summed E-state index contributed by atoms with van der Waals surface area (Å²) in [5.74, 6) is 0. The van der Waals surface area contributed by atoms with Crippen LogP contribution in [0.5, 0.6) is 0 Å².